The lowest BCUT2D eigenvalue weighted by Crippen LogP contribution is -2.28. The predicted molar refractivity (Wildman–Crippen MR) is 73.0 cm³/mol. The van der Waals surface area contributed by atoms with Crippen molar-refractivity contribution in [3.8, 4) is 0 Å². The second-order valence-corrected chi connectivity index (χ2v) is 6.00. The largest absolute Gasteiger partial charge is 0.394 e. The summed E-state index contributed by atoms with van der Waals surface area (Å²) < 4.78 is 26.0. The van der Waals surface area contributed by atoms with Crippen molar-refractivity contribution in [3.63, 3.8) is 0 Å². The Labute approximate surface area is 108 Å². The highest BCUT2D eigenvalue weighted by Gasteiger charge is 2.11. The van der Waals surface area contributed by atoms with Gasteiger partial charge in [0.2, 0.25) is 10.0 Å². The molecular formula is C10H21N5O2S. The van der Waals surface area contributed by atoms with Crippen molar-refractivity contribution < 1.29 is 8.42 Å². The molecule has 1 heterocycles. The molecule has 0 fully saturated rings. The van der Waals surface area contributed by atoms with Crippen LogP contribution in [0.25, 0.3) is 0 Å². The van der Waals surface area contributed by atoms with Crippen LogP contribution in [-0.4, -0.2) is 37.5 Å². The van der Waals surface area contributed by atoms with Crippen molar-refractivity contribution in [2.24, 2.45) is 0 Å². The molecule has 0 radical (unpaired) electrons. The van der Waals surface area contributed by atoms with E-state index in [2.05, 4.69) is 22.1 Å². The van der Waals surface area contributed by atoms with Crippen molar-refractivity contribution in [2.75, 3.05) is 30.4 Å². The number of rotatable bonds is 7. The highest BCUT2D eigenvalue weighted by atomic mass is 32.2. The summed E-state index contributed by atoms with van der Waals surface area (Å²) in [6.07, 6.45) is 2.09. The summed E-state index contributed by atoms with van der Waals surface area (Å²) in [6, 6.07) is 0. The summed E-state index contributed by atoms with van der Waals surface area (Å²) in [6.45, 7) is 5.46. The quantitative estimate of drug-likeness (QED) is 0.615. The topological polar surface area (TPSA) is 102 Å². The summed E-state index contributed by atoms with van der Waals surface area (Å²) in [5, 5.41) is 7.43. The molecule has 104 valence electrons. The standard InChI is InChI=1S/C10H21N5O2S/c1-4-7-15-10(9(11)8(2)14-15)12-5-6-13-18(3,16)17/h12-13H,4-7,11H2,1-3H3. The fourth-order valence-corrected chi connectivity index (χ4v) is 2.05. The smallest absolute Gasteiger partial charge is 0.208 e. The van der Waals surface area contributed by atoms with Crippen molar-refractivity contribution >= 4 is 21.5 Å². The summed E-state index contributed by atoms with van der Waals surface area (Å²) in [7, 11) is -3.15. The van der Waals surface area contributed by atoms with Gasteiger partial charge < -0.3 is 11.1 Å². The van der Waals surface area contributed by atoms with Crippen LogP contribution in [0.15, 0.2) is 0 Å². The van der Waals surface area contributed by atoms with Gasteiger partial charge in [0.25, 0.3) is 0 Å². The Kier molecular flexibility index (Phi) is 4.97. The Morgan fingerprint density at radius 2 is 2.06 bits per heavy atom. The van der Waals surface area contributed by atoms with Gasteiger partial charge in [-0.2, -0.15) is 5.10 Å². The fourth-order valence-electron chi connectivity index (χ4n) is 1.57. The highest BCUT2D eigenvalue weighted by molar-refractivity contribution is 7.88. The molecule has 1 aromatic rings. The number of nitrogens with two attached hydrogens (primary N) is 1. The van der Waals surface area contributed by atoms with Crippen LogP contribution in [-0.2, 0) is 16.6 Å². The first-order valence-corrected chi connectivity index (χ1v) is 7.75. The van der Waals surface area contributed by atoms with Crippen LogP contribution in [0.2, 0.25) is 0 Å². The maximum Gasteiger partial charge on any atom is 0.208 e. The Bertz CT molecular complexity index is 495. The molecule has 4 N–H and O–H groups in total. The summed E-state index contributed by atoms with van der Waals surface area (Å²) in [5.74, 6) is 0.754. The SMILES string of the molecule is CCCn1nc(C)c(N)c1NCCNS(C)(=O)=O. The van der Waals surface area contributed by atoms with E-state index in [1.165, 1.54) is 0 Å². The van der Waals surface area contributed by atoms with Crippen molar-refractivity contribution in [2.45, 2.75) is 26.8 Å². The second kappa shape index (κ2) is 6.05. The normalized spacial score (nSPS) is 11.7. The van der Waals surface area contributed by atoms with Gasteiger partial charge in [0.15, 0.2) is 0 Å². The number of sulfonamides is 1. The van der Waals surface area contributed by atoms with E-state index in [0.717, 1.165) is 30.7 Å². The number of nitrogens with zero attached hydrogens (tertiary/aromatic N) is 2. The average molecular weight is 275 g/mol. The lowest BCUT2D eigenvalue weighted by molar-refractivity contribution is 0.588. The first kappa shape index (κ1) is 14.8. The van der Waals surface area contributed by atoms with Crippen molar-refractivity contribution in [3.05, 3.63) is 5.69 Å². The van der Waals surface area contributed by atoms with Crippen LogP contribution in [0.4, 0.5) is 11.5 Å². The molecule has 8 heteroatoms. The molecule has 0 saturated carbocycles. The Balaban J connectivity index is 2.61. The van der Waals surface area contributed by atoms with Crippen LogP contribution in [0.3, 0.4) is 0 Å². The van der Waals surface area contributed by atoms with Gasteiger partial charge >= 0.3 is 0 Å². The van der Waals surface area contributed by atoms with Gasteiger partial charge in [-0.25, -0.2) is 17.8 Å². The number of hydrogen-bond donors (Lipinski definition) is 3. The van der Waals surface area contributed by atoms with E-state index >= 15 is 0 Å². The monoisotopic (exact) mass is 275 g/mol. The summed E-state index contributed by atoms with van der Waals surface area (Å²) >= 11 is 0. The number of aromatic nitrogens is 2. The molecule has 0 aliphatic heterocycles. The molecule has 0 unspecified atom stereocenters. The number of anilines is 2. The van der Waals surface area contributed by atoms with Crippen LogP contribution >= 0.6 is 0 Å². The minimum atomic E-state index is -3.15. The fraction of sp³-hybridized carbons (Fsp3) is 0.700. The Morgan fingerprint density at radius 1 is 1.39 bits per heavy atom. The number of nitrogens with one attached hydrogen (secondary N) is 2. The van der Waals surface area contributed by atoms with Crippen molar-refractivity contribution in [1.82, 2.24) is 14.5 Å². The molecule has 0 aliphatic carbocycles. The van der Waals surface area contributed by atoms with Crippen LogP contribution in [0.1, 0.15) is 19.0 Å². The molecule has 0 spiro atoms. The maximum absolute atomic E-state index is 10.9. The van der Waals surface area contributed by atoms with Crippen LogP contribution in [0, 0.1) is 6.92 Å². The van der Waals surface area contributed by atoms with Gasteiger partial charge in [0.05, 0.1) is 17.6 Å². The number of nitrogen functional groups attached to an aromatic ring is 1. The van der Waals surface area contributed by atoms with E-state index in [1.54, 1.807) is 0 Å². The van der Waals surface area contributed by atoms with E-state index in [4.69, 9.17) is 5.73 Å². The molecule has 0 bridgehead atoms. The lowest BCUT2D eigenvalue weighted by atomic mass is 10.4. The third kappa shape index (κ3) is 4.19. The number of aryl methyl sites for hydroxylation is 2. The molecule has 7 nitrogen and oxygen atoms in total. The van der Waals surface area contributed by atoms with Gasteiger partial charge in [0.1, 0.15) is 5.82 Å². The molecule has 0 saturated heterocycles. The predicted octanol–water partition coefficient (Wildman–Crippen LogP) is 0.145. The summed E-state index contributed by atoms with van der Waals surface area (Å²) in [4.78, 5) is 0. The lowest BCUT2D eigenvalue weighted by Gasteiger charge is -2.10. The van der Waals surface area contributed by atoms with Gasteiger partial charge in [-0.1, -0.05) is 6.92 Å². The second-order valence-electron chi connectivity index (χ2n) is 4.16. The average Bonchev–Trinajstić information content (AvgIpc) is 2.50. The molecule has 0 aromatic carbocycles. The first-order chi connectivity index (χ1) is 8.35. The third-order valence-electron chi connectivity index (χ3n) is 2.39. The molecule has 0 amide bonds. The molecule has 0 atom stereocenters. The third-order valence-corrected chi connectivity index (χ3v) is 3.12. The zero-order valence-electron chi connectivity index (χ0n) is 11.0. The molecule has 18 heavy (non-hydrogen) atoms. The van der Waals surface area contributed by atoms with Crippen LogP contribution in [0.5, 0.6) is 0 Å². The molecular weight excluding hydrogens is 254 g/mol. The minimum absolute atomic E-state index is 0.314. The van der Waals surface area contributed by atoms with E-state index < -0.39 is 10.0 Å². The van der Waals surface area contributed by atoms with E-state index in [0.29, 0.717) is 18.8 Å². The van der Waals surface area contributed by atoms with E-state index in [1.807, 2.05) is 11.6 Å². The molecule has 1 aromatic heterocycles. The maximum atomic E-state index is 10.9. The summed E-state index contributed by atoms with van der Waals surface area (Å²) in [5.41, 5.74) is 7.31. The first-order valence-electron chi connectivity index (χ1n) is 5.86. The minimum Gasteiger partial charge on any atom is -0.394 e. The van der Waals surface area contributed by atoms with Crippen LogP contribution < -0.4 is 15.8 Å². The van der Waals surface area contributed by atoms with Gasteiger partial charge in [-0.15, -0.1) is 0 Å². The van der Waals surface area contributed by atoms with E-state index in [9.17, 15) is 8.42 Å². The zero-order valence-corrected chi connectivity index (χ0v) is 11.8. The highest BCUT2D eigenvalue weighted by Crippen LogP contribution is 2.21. The van der Waals surface area contributed by atoms with Crippen molar-refractivity contribution in [1.29, 1.82) is 0 Å². The van der Waals surface area contributed by atoms with Gasteiger partial charge in [0, 0.05) is 19.6 Å². The Hall–Kier alpha value is -1.28. The Morgan fingerprint density at radius 3 is 2.61 bits per heavy atom. The zero-order chi connectivity index (χ0) is 13.8. The van der Waals surface area contributed by atoms with Gasteiger partial charge in [-0.3, -0.25) is 0 Å². The number of hydrogen-bond acceptors (Lipinski definition) is 5. The molecule has 1 rings (SSSR count). The van der Waals surface area contributed by atoms with E-state index in [-0.39, 0.29) is 0 Å². The molecule has 0 aliphatic rings. The van der Waals surface area contributed by atoms with Gasteiger partial charge in [-0.05, 0) is 13.3 Å².